The lowest BCUT2D eigenvalue weighted by Gasteiger charge is -2.20. The molecule has 130 valence electrons. The highest BCUT2D eigenvalue weighted by molar-refractivity contribution is 5.90. The second-order valence-corrected chi connectivity index (χ2v) is 5.59. The van der Waals surface area contributed by atoms with Gasteiger partial charge in [0.25, 0.3) is 0 Å². The van der Waals surface area contributed by atoms with Crippen LogP contribution in [0, 0.1) is 0 Å². The highest BCUT2D eigenvalue weighted by atomic mass is 19.1. The first-order valence-corrected chi connectivity index (χ1v) is 7.89. The Morgan fingerprint density at radius 2 is 1.52 bits per heavy atom. The molecule has 1 aliphatic heterocycles. The molecule has 0 amide bonds. The van der Waals surface area contributed by atoms with Gasteiger partial charge in [-0.15, -0.1) is 0 Å². The van der Waals surface area contributed by atoms with Gasteiger partial charge >= 0.3 is 11.9 Å². The number of ether oxygens (including phenoxy) is 3. The van der Waals surface area contributed by atoms with Crippen molar-refractivity contribution in [1.29, 1.82) is 0 Å². The summed E-state index contributed by atoms with van der Waals surface area (Å²) in [6, 6.07) is 16.7. The van der Waals surface area contributed by atoms with Gasteiger partial charge in [0.05, 0.1) is 17.7 Å². The van der Waals surface area contributed by atoms with E-state index in [0.717, 1.165) is 0 Å². The second-order valence-electron chi connectivity index (χ2n) is 5.59. The summed E-state index contributed by atoms with van der Waals surface area (Å²) in [6.45, 7) is -0.402. The molecule has 0 aromatic heterocycles. The van der Waals surface area contributed by atoms with E-state index < -0.39 is 30.3 Å². The van der Waals surface area contributed by atoms with Crippen molar-refractivity contribution in [3.05, 3.63) is 71.8 Å². The molecule has 1 aliphatic rings. The van der Waals surface area contributed by atoms with Crippen molar-refractivity contribution in [2.45, 2.75) is 18.4 Å². The van der Waals surface area contributed by atoms with Crippen LogP contribution in [0.3, 0.4) is 0 Å². The van der Waals surface area contributed by atoms with Crippen LogP contribution in [0.5, 0.6) is 0 Å². The molecule has 0 N–H and O–H groups in total. The van der Waals surface area contributed by atoms with Gasteiger partial charge in [0.2, 0.25) is 0 Å². The minimum Gasteiger partial charge on any atom is -0.459 e. The Hall–Kier alpha value is -2.73. The van der Waals surface area contributed by atoms with E-state index in [2.05, 4.69) is 0 Å². The maximum absolute atomic E-state index is 14.0. The Kier molecular flexibility index (Phi) is 5.40. The highest BCUT2D eigenvalue weighted by Gasteiger charge is 2.41. The summed E-state index contributed by atoms with van der Waals surface area (Å²) in [5.41, 5.74) is 0.705. The van der Waals surface area contributed by atoms with Crippen molar-refractivity contribution in [3.63, 3.8) is 0 Å². The minimum absolute atomic E-state index is 0.194. The monoisotopic (exact) mass is 344 g/mol. The van der Waals surface area contributed by atoms with Gasteiger partial charge in [0.15, 0.2) is 12.3 Å². The van der Waals surface area contributed by atoms with Crippen molar-refractivity contribution < 1.29 is 28.2 Å². The van der Waals surface area contributed by atoms with Crippen LogP contribution in [0.4, 0.5) is 4.39 Å². The van der Waals surface area contributed by atoms with E-state index in [1.54, 1.807) is 60.7 Å². The lowest BCUT2D eigenvalue weighted by molar-refractivity contribution is -0.0326. The molecule has 0 bridgehead atoms. The van der Waals surface area contributed by atoms with Crippen LogP contribution in [0.2, 0.25) is 0 Å². The predicted molar refractivity (Wildman–Crippen MR) is 87.0 cm³/mol. The molecule has 5 nitrogen and oxygen atoms in total. The van der Waals surface area contributed by atoms with Crippen LogP contribution in [0.1, 0.15) is 20.7 Å². The molecule has 0 spiro atoms. The number of rotatable bonds is 5. The quantitative estimate of drug-likeness (QED) is 0.781. The van der Waals surface area contributed by atoms with Crippen molar-refractivity contribution in [2.75, 3.05) is 13.2 Å². The molecule has 1 heterocycles. The Balaban J connectivity index is 1.59. The van der Waals surface area contributed by atoms with Crippen molar-refractivity contribution in [1.82, 2.24) is 0 Å². The molecule has 1 saturated heterocycles. The first-order valence-electron chi connectivity index (χ1n) is 7.89. The zero-order chi connectivity index (χ0) is 17.6. The SMILES string of the molecule is O=C(OC[C@H]1OC[C@H](F)[C@H]1OC(=O)c1ccccc1)c1ccccc1. The van der Waals surface area contributed by atoms with E-state index in [-0.39, 0.29) is 13.2 Å². The third-order valence-corrected chi connectivity index (χ3v) is 3.83. The third kappa shape index (κ3) is 4.22. The lowest BCUT2D eigenvalue weighted by atomic mass is 10.1. The number of hydrogen-bond acceptors (Lipinski definition) is 5. The number of carbonyl (C=O) groups excluding carboxylic acids is 2. The van der Waals surface area contributed by atoms with Crippen molar-refractivity contribution in [2.24, 2.45) is 0 Å². The molecule has 2 aromatic rings. The number of halogens is 1. The van der Waals surface area contributed by atoms with E-state index >= 15 is 0 Å². The number of esters is 2. The molecule has 3 rings (SSSR count). The third-order valence-electron chi connectivity index (χ3n) is 3.83. The molecule has 25 heavy (non-hydrogen) atoms. The molecular weight excluding hydrogens is 327 g/mol. The second kappa shape index (κ2) is 7.90. The fourth-order valence-corrected chi connectivity index (χ4v) is 2.51. The summed E-state index contributed by atoms with van der Waals surface area (Å²) in [5, 5.41) is 0. The van der Waals surface area contributed by atoms with Gasteiger partial charge in [-0.25, -0.2) is 14.0 Å². The largest absolute Gasteiger partial charge is 0.459 e. The van der Waals surface area contributed by atoms with Crippen molar-refractivity contribution in [3.8, 4) is 0 Å². The Morgan fingerprint density at radius 3 is 2.12 bits per heavy atom. The molecule has 0 unspecified atom stereocenters. The van der Waals surface area contributed by atoms with Gasteiger partial charge < -0.3 is 14.2 Å². The van der Waals surface area contributed by atoms with Crippen molar-refractivity contribution >= 4 is 11.9 Å². The maximum Gasteiger partial charge on any atom is 0.338 e. The first kappa shape index (κ1) is 17.1. The zero-order valence-electron chi connectivity index (χ0n) is 13.3. The van der Waals surface area contributed by atoms with Gasteiger partial charge in [-0.2, -0.15) is 0 Å². The molecule has 0 radical (unpaired) electrons. The topological polar surface area (TPSA) is 61.8 Å². The Morgan fingerprint density at radius 1 is 0.960 bits per heavy atom. The molecule has 3 atom stereocenters. The summed E-state index contributed by atoms with van der Waals surface area (Å²) < 4.78 is 29.7. The normalized spacial score (nSPS) is 22.4. The number of hydrogen-bond donors (Lipinski definition) is 0. The molecule has 0 aliphatic carbocycles. The number of alkyl halides is 1. The summed E-state index contributed by atoms with van der Waals surface area (Å²) >= 11 is 0. The van der Waals surface area contributed by atoms with Crippen LogP contribution < -0.4 is 0 Å². The van der Waals surface area contributed by atoms with Gasteiger partial charge in [0.1, 0.15) is 12.7 Å². The van der Waals surface area contributed by atoms with Crippen LogP contribution in [-0.2, 0) is 14.2 Å². The zero-order valence-corrected chi connectivity index (χ0v) is 13.3. The standard InChI is InChI=1S/C19H17FO5/c20-15-11-23-16(12-24-18(21)13-7-3-1-4-8-13)17(15)25-19(22)14-9-5-2-6-10-14/h1-10,15-17H,11-12H2/t15-,16+,17+/m0/s1. The molecule has 6 heteroatoms. The van der Waals surface area contributed by atoms with Crippen LogP contribution in [0.25, 0.3) is 0 Å². The Labute approximate surface area is 144 Å². The summed E-state index contributed by atoms with van der Waals surface area (Å²) in [5.74, 6) is -1.18. The molecular formula is C19H17FO5. The van der Waals surface area contributed by atoms with Gasteiger partial charge in [-0.1, -0.05) is 36.4 Å². The lowest BCUT2D eigenvalue weighted by Crippen LogP contribution is -2.36. The van der Waals surface area contributed by atoms with Gasteiger partial charge in [-0.05, 0) is 24.3 Å². The first-order chi connectivity index (χ1) is 12.1. The van der Waals surface area contributed by atoms with E-state index in [9.17, 15) is 14.0 Å². The average molecular weight is 344 g/mol. The van der Waals surface area contributed by atoms with E-state index in [1.165, 1.54) is 0 Å². The number of carbonyl (C=O) groups is 2. The summed E-state index contributed by atoms with van der Waals surface area (Å²) in [4.78, 5) is 24.1. The van der Waals surface area contributed by atoms with Crippen LogP contribution in [-0.4, -0.2) is 43.5 Å². The maximum atomic E-state index is 14.0. The number of benzene rings is 2. The summed E-state index contributed by atoms with van der Waals surface area (Å²) in [6.07, 6.45) is -3.42. The van der Waals surface area contributed by atoms with E-state index in [0.29, 0.717) is 11.1 Å². The van der Waals surface area contributed by atoms with E-state index in [1.807, 2.05) is 0 Å². The van der Waals surface area contributed by atoms with Gasteiger partial charge in [-0.3, -0.25) is 0 Å². The minimum atomic E-state index is -1.46. The fourth-order valence-electron chi connectivity index (χ4n) is 2.51. The van der Waals surface area contributed by atoms with Crippen LogP contribution >= 0.6 is 0 Å². The van der Waals surface area contributed by atoms with Crippen LogP contribution in [0.15, 0.2) is 60.7 Å². The average Bonchev–Trinajstić information content (AvgIpc) is 3.01. The van der Waals surface area contributed by atoms with E-state index in [4.69, 9.17) is 14.2 Å². The van der Waals surface area contributed by atoms with Gasteiger partial charge in [0, 0.05) is 0 Å². The summed E-state index contributed by atoms with van der Waals surface area (Å²) in [7, 11) is 0. The smallest absolute Gasteiger partial charge is 0.338 e. The molecule has 1 fully saturated rings. The predicted octanol–water partition coefficient (Wildman–Crippen LogP) is 2.81. The fraction of sp³-hybridized carbons (Fsp3) is 0.263. The molecule has 0 saturated carbocycles. The highest BCUT2D eigenvalue weighted by Crippen LogP contribution is 2.22. The Bertz CT molecular complexity index is 719. The molecule has 2 aromatic carbocycles.